The zero-order valence-corrected chi connectivity index (χ0v) is 11.2. The zero-order chi connectivity index (χ0) is 13.8. The maximum absolute atomic E-state index is 14.0. The molecule has 106 valence electrons. The van der Waals surface area contributed by atoms with Crippen LogP contribution >= 0.6 is 0 Å². The van der Waals surface area contributed by atoms with Gasteiger partial charge in [0.25, 0.3) is 0 Å². The van der Waals surface area contributed by atoms with Crippen molar-refractivity contribution in [3.05, 3.63) is 34.9 Å². The largest absolute Gasteiger partial charge is 0.376 e. The van der Waals surface area contributed by atoms with Crippen LogP contribution in [0.4, 0.5) is 8.78 Å². The van der Waals surface area contributed by atoms with Crippen LogP contribution in [0.1, 0.15) is 24.1 Å². The Morgan fingerprint density at radius 2 is 2.11 bits per heavy atom. The second-order valence-electron chi connectivity index (χ2n) is 4.64. The van der Waals surface area contributed by atoms with Gasteiger partial charge in [-0.25, -0.2) is 8.78 Å². The van der Waals surface area contributed by atoms with E-state index in [0.29, 0.717) is 37.5 Å². The van der Waals surface area contributed by atoms with Crippen LogP contribution in [0.3, 0.4) is 0 Å². The van der Waals surface area contributed by atoms with Gasteiger partial charge in [-0.05, 0) is 25.1 Å². The van der Waals surface area contributed by atoms with E-state index in [0.717, 1.165) is 6.07 Å². The standard InChI is InChI=1S/C14H19F2NO2/c1-3-17-14(13-8-18-4-5-19-13)10-6-9(2)11(15)7-12(10)16/h6-7,13-14,17H,3-5,8H2,1-2H3. The van der Waals surface area contributed by atoms with E-state index in [1.165, 1.54) is 6.07 Å². The lowest BCUT2D eigenvalue weighted by Gasteiger charge is -2.31. The SMILES string of the molecule is CCNC(c1cc(C)c(F)cc1F)C1COCCO1. The van der Waals surface area contributed by atoms with E-state index in [2.05, 4.69) is 5.32 Å². The van der Waals surface area contributed by atoms with Crippen molar-refractivity contribution in [2.75, 3.05) is 26.4 Å². The Kier molecular flexibility index (Phi) is 4.85. The lowest BCUT2D eigenvalue weighted by molar-refractivity contribution is -0.102. The van der Waals surface area contributed by atoms with Crippen molar-refractivity contribution in [3.63, 3.8) is 0 Å². The van der Waals surface area contributed by atoms with Gasteiger partial charge in [-0.1, -0.05) is 6.92 Å². The van der Waals surface area contributed by atoms with E-state index in [-0.39, 0.29) is 12.1 Å². The Morgan fingerprint density at radius 1 is 1.32 bits per heavy atom. The molecule has 1 fully saturated rings. The Bertz CT molecular complexity index is 434. The first kappa shape index (κ1) is 14.4. The summed E-state index contributed by atoms with van der Waals surface area (Å²) in [6.07, 6.45) is -0.256. The van der Waals surface area contributed by atoms with Crippen molar-refractivity contribution in [2.45, 2.75) is 26.0 Å². The van der Waals surface area contributed by atoms with Crippen molar-refractivity contribution < 1.29 is 18.3 Å². The van der Waals surface area contributed by atoms with Gasteiger partial charge in [-0.2, -0.15) is 0 Å². The van der Waals surface area contributed by atoms with Gasteiger partial charge in [-0.3, -0.25) is 0 Å². The van der Waals surface area contributed by atoms with E-state index >= 15 is 0 Å². The highest BCUT2D eigenvalue weighted by Crippen LogP contribution is 2.26. The summed E-state index contributed by atoms with van der Waals surface area (Å²) >= 11 is 0. The van der Waals surface area contributed by atoms with E-state index in [9.17, 15) is 8.78 Å². The number of halogens is 2. The lowest BCUT2D eigenvalue weighted by Crippen LogP contribution is -2.41. The summed E-state index contributed by atoms with van der Waals surface area (Å²) < 4.78 is 38.3. The molecule has 0 saturated carbocycles. The van der Waals surface area contributed by atoms with Gasteiger partial charge in [0.15, 0.2) is 0 Å². The van der Waals surface area contributed by atoms with Crippen molar-refractivity contribution in [1.29, 1.82) is 0 Å². The summed E-state index contributed by atoms with van der Waals surface area (Å²) in [5, 5.41) is 3.19. The quantitative estimate of drug-likeness (QED) is 0.911. The van der Waals surface area contributed by atoms with Crippen LogP contribution in [0.25, 0.3) is 0 Å². The highest BCUT2D eigenvalue weighted by Gasteiger charge is 2.28. The second-order valence-corrected chi connectivity index (χ2v) is 4.64. The first-order chi connectivity index (χ1) is 9.13. The third-order valence-corrected chi connectivity index (χ3v) is 3.25. The summed E-state index contributed by atoms with van der Waals surface area (Å²) in [5.41, 5.74) is 0.854. The fourth-order valence-corrected chi connectivity index (χ4v) is 2.28. The topological polar surface area (TPSA) is 30.5 Å². The minimum atomic E-state index is -0.553. The average Bonchev–Trinajstić information content (AvgIpc) is 2.42. The molecular weight excluding hydrogens is 252 g/mol. The van der Waals surface area contributed by atoms with Crippen LogP contribution < -0.4 is 5.32 Å². The third kappa shape index (κ3) is 3.29. The normalized spacial score (nSPS) is 21.4. The number of hydrogen-bond acceptors (Lipinski definition) is 3. The number of ether oxygens (including phenoxy) is 2. The lowest BCUT2D eigenvalue weighted by atomic mass is 9.98. The number of nitrogens with one attached hydrogen (secondary N) is 1. The highest BCUT2D eigenvalue weighted by molar-refractivity contribution is 5.29. The first-order valence-corrected chi connectivity index (χ1v) is 6.51. The third-order valence-electron chi connectivity index (χ3n) is 3.25. The maximum Gasteiger partial charge on any atom is 0.131 e. The number of aryl methyl sites for hydroxylation is 1. The van der Waals surface area contributed by atoms with Crippen LogP contribution in [-0.2, 0) is 9.47 Å². The van der Waals surface area contributed by atoms with Gasteiger partial charge in [-0.15, -0.1) is 0 Å². The summed E-state index contributed by atoms with van der Waals surface area (Å²) in [7, 11) is 0. The molecule has 19 heavy (non-hydrogen) atoms. The molecule has 1 heterocycles. The predicted molar refractivity (Wildman–Crippen MR) is 68.1 cm³/mol. The molecule has 2 unspecified atom stereocenters. The first-order valence-electron chi connectivity index (χ1n) is 6.51. The van der Waals surface area contributed by atoms with Crippen LogP contribution in [0.2, 0.25) is 0 Å². The van der Waals surface area contributed by atoms with Crippen LogP contribution in [0.5, 0.6) is 0 Å². The fraction of sp³-hybridized carbons (Fsp3) is 0.571. The Balaban J connectivity index is 2.29. The van der Waals surface area contributed by atoms with Gasteiger partial charge >= 0.3 is 0 Å². The Hall–Kier alpha value is -1.04. The van der Waals surface area contributed by atoms with Crippen molar-refractivity contribution in [3.8, 4) is 0 Å². The zero-order valence-electron chi connectivity index (χ0n) is 11.2. The summed E-state index contributed by atoms with van der Waals surface area (Å²) in [4.78, 5) is 0. The molecule has 2 rings (SSSR count). The van der Waals surface area contributed by atoms with Crippen LogP contribution in [0, 0.1) is 18.6 Å². The molecule has 0 bridgehead atoms. The molecule has 1 saturated heterocycles. The molecule has 2 atom stereocenters. The number of hydrogen-bond donors (Lipinski definition) is 1. The highest BCUT2D eigenvalue weighted by atomic mass is 19.1. The molecule has 5 heteroatoms. The molecule has 0 radical (unpaired) electrons. The number of likely N-dealkylation sites (N-methyl/N-ethyl adjacent to an activating group) is 1. The minimum absolute atomic E-state index is 0.256. The minimum Gasteiger partial charge on any atom is -0.376 e. The van der Waals surface area contributed by atoms with Crippen molar-refractivity contribution in [2.24, 2.45) is 0 Å². The predicted octanol–water partition coefficient (Wildman–Crippen LogP) is 2.34. The molecule has 0 amide bonds. The summed E-state index contributed by atoms with van der Waals surface area (Å²) in [5.74, 6) is -1.08. The fourth-order valence-electron chi connectivity index (χ4n) is 2.28. The molecule has 0 spiro atoms. The molecule has 1 aliphatic rings. The van der Waals surface area contributed by atoms with Crippen LogP contribution in [-0.4, -0.2) is 32.5 Å². The molecule has 0 aliphatic carbocycles. The van der Waals surface area contributed by atoms with E-state index < -0.39 is 11.6 Å². The van der Waals surface area contributed by atoms with Gasteiger partial charge < -0.3 is 14.8 Å². The average molecular weight is 271 g/mol. The Labute approximate surface area is 111 Å². The molecular formula is C14H19F2NO2. The van der Waals surface area contributed by atoms with Gasteiger partial charge in [0.1, 0.15) is 17.7 Å². The van der Waals surface area contributed by atoms with E-state index in [1.807, 2.05) is 6.92 Å². The Morgan fingerprint density at radius 3 is 2.74 bits per heavy atom. The van der Waals surface area contributed by atoms with Gasteiger partial charge in [0, 0.05) is 11.6 Å². The van der Waals surface area contributed by atoms with Gasteiger partial charge in [0.05, 0.1) is 25.9 Å². The molecule has 0 aromatic heterocycles. The second kappa shape index (κ2) is 6.41. The smallest absolute Gasteiger partial charge is 0.131 e. The van der Waals surface area contributed by atoms with E-state index in [1.54, 1.807) is 6.92 Å². The summed E-state index contributed by atoms with van der Waals surface area (Å²) in [6, 6.07) is 2.14. The molecule has 1 aliphatic heterocycles. The summed E-state index contributed by atoms with van der Waals surface area (Å²) in [6.45, 7) is 5.69. The molecule has 3 nitrogen and oxygen atoms in total. The van der Waals surface area contributed by atoms with E-state index in [4.69, 9.17) is 9.47 Å². The van der Waals surface area contributed by atoms with Gasteiger partial charge in [0.2, 0.25) is 0 Å². The molecule has 1 N–H and O–H groups in total. The number of rotatable bonds is 4. The number of benzene rings is 1. The van der Waals surface area contributed by atoms with Crippen molar-refractivity contribution in [1.82, 2.24) is 5.32 Å². The molecule has 1 aromatic rings. The van der Waals surface area contributed by atoms with Crippen molar-refractivity contribution >= 4 is 0 Å². The van der Waals surface area contributed by atoms with Crippen LogP contribution in [0.15, 0.2) is 12.1 Å². The maximum atomic E-state index is 14.0. The monoisotopic (exact) mass is 271 g/mol. The molecule has 1 aromatic carbocycles.